The van der Waals surface area contributed by atoms with Gasteiger partial charge in [0, 0.05) is 5.69 Å². The van der Waals surface area contributed by atoms with Crippen LogP contribution in [0.15, 0.2) is 40.5 Å². The molecule has 0 aliphatic heterocycles. The third-order valence-corrected chi connectivity index (χ3v) is 5.26. The van der Waals surface area contributed by atoms with E-state index in [1.54, 1.807) is 6.26 Å². The monoisotopic (exact) mass is 440 g/mol. The molecule has 13 heteroatoms. The number of aromatic nitrogens is 2. The highest BCUT2D eigenvalue weighted by molar-refractivity contribution is 7.98. The average Bonchev–Trinajstić information content (AvgIpc) is 2.60. The molecule has 0 aliphatic rings. The van der Waals surface area contributed by atoms with E-state index in [9.17, 15) is 26.4 Å². The summed E-state index contributed by atoms with van der Waals surface area (Å²) in [5, 5.41) is 2.83. The number of carbonyl (C=O) groups excluding carboxylic acids is 1. The van der Waals surface area contributed by atoms with Crippen LogP contribution in [0.3, 0.4) is 0 Å². The van der Waals surface area contributed by atoms with Crippen LogP contribution in [0.1, 0.15) is 10.5 Å². The maximum atomic E-state index is 12.2. The van der Waals surface area contributed by atoms with Crippen LogP contribution in [-0.4, -0.2) is 43.3 Å². The molecule has 0 atom stereocenters. The highest BCUT2D eigenvalue weighted by atomic mass is 35.5. The lowest BCUT2D eigenvalue weighted by Crippen LogP contribution is -2.33. The number of rotatable bonds is 6. The molecule has 2 rings (SSSR count). The second-order valence-corrected chi connectivity index (χ2v) is 7.92. The largest absolute Gasteiger partial charge is 0.402 e. The summed E-state index contributed by atoms with van der Waals surface area (Å²) in [6.45, 7) is -1.68. The molecule has 0 radical (unpaired) electrons. The normalized spacial score (nSPS) is 12.0. The van der Waals surface area contributed by atoms with E-state index in [-0.39, 0.29) is 21.3 Å². The number of amides is 1. The molecule has 0 spiro atoms. The van der Waals surface area contributed by atoms with Crippen molar-refractivity contribution in [2.45, 2.75) is 16.2 Å². The summed E-state index contributed by atoms with van der Waals surface area (Å²) in [4.78, 5) is 19.8. The van der Waals surface area contributed by atoms with Gasteiger partial charge in [-0.2, -0.15) is 13.2 Å². The molecular weight excluding hydrogens is 429 g/mol. The average molecular weight is 441 g/mol. The van der Waals surface area contributed by atoms with Crippen molar-refractivity contribution >= 4 is 45.0 Å². The predicted molar refractivity (Wildman–Crippen MR) is 94.5 cm³/mol. The number of halogens is 4. The van der Waals surface area contributed by atoms with Gasteiger partial charge in [-0.3, -0.25) is 4.79 Å². The Balaban J connectivity index is 2.13. The molecule has 1 heterocycles. The van der Waals surface area contributed by atoms with E-state index in [1.807, 2.05) is 0 Å². The summed E-state index contributed by atoms with van der Waals surface area (Å²) < 4.78 is 61.6. The summed E-state index contributed by atoms with van der Waals surface area (Å²) in [5.41, 5.74) is 0.134. The minimum atomic E-state index is -4.67. The van der Waals surface area contributed by atoms with Crippen LogP contribution in [0.25, 0.3) is 0 Å². The van der Waals surface area contributed by atoms with Crippen molar-refractivity contribution in [1.82, 2.24) is 14.7 Å². The Bertz CT molecular complexity index is 938. The van der Waals surface area contributed by atoms with E-state index in [1.165, 1.54) is 34.8 Å². The van der Waals surface area contributed by atoms with Gasteiger partial charge in [0.05, 0.1) is 16.1 Å². The molecule has 1 amide bonds. The first-order valence-corrected chi connectivity index (χ1v) is 10.1. The van der Waals surface area contributed by atoms with Gasteiger partial charge in [-0.25, -0.2) is 23.1 Å². The first-order valence-electron chi connectivity index (χ1n) is 7.06. The molecule has 2 aromatic rings. The van der Waals surface area contributed by atoms with Gasteiger partial charge in [0.15, 0.2) is 10.9 Å². The predicted octanol–water partition coefficient (Wildman–Crippen LogP) is 2.94. The zero-order valence-corrected chi connectivity index (χ0v) is 15.9. The van der Waals surface area contributed by atoms with E-state index in [2.05, 4.69) is 15.3 Å². The molecule has 0 aliphatic carbocycles. The third kappa shape index (κ3) is 6.06. The SMILES string of the molecule is CSc1ncc(Cl)c(C(=O)Nc2ccc(S(=O)(=O)NCC(F)(F)F)cc2)n1. The Kier molecular flexibility index (Phi) is 6.68. The molecule has 1 aromatic carbocycles. The number of carbonyl (C=O) groups is 1. The van der Waals surface area contributed by atoms with E-state index in [0.717, 1.165) is 12.1 Å². The molecule has 2 N–H and O–H groups in total. The lowest BCUT2D eigenvalue weighted by molar-refractivity contribution is -0.121. The second kappa shape index (κ2) is 8.42. The molecule has 1 aromatic heterocycles. The fraction of sp³-hybridized carbons (Fsp3) is 0.214. The van der Waals surface area contributed by atoms with Gasteiger partial charge in [-0.05, 0) is 30.5 Å². The third-order valence-electron chi connectivity index (χ3n) is 3.00. The Morgan fingerprint density at radius 2 is 1.89 bits per heavy atom. The molecule has 27 heavy (non-hydrogen) atoms. The molecule has 146 valence electrons. The van der Waals surface area contributed by atoms with Crippen molar-refractivity contribution in [3.63, 3.8) is 0 Å². The Morgan fingerprint density at radius 3 is 2.44 bits per heavy atom. The first kappa shape index (κ1) is 21.4. The number of thioether (sulfide) groups is 1. The highest BCUT2D eigenvalue weighted by Gasteiger charge is 2.30. The van der Waals surface area contributed by atoms with Gasteiger partial charge in [-0.15, -0.1) is 0 Å². The van der Waals surface area contributed by atoms with Crippen molar-refractivity contribution in [1.29, 1.82) is 0 Å². The van der Waals surface area contributed by atoms with Crippen LogP contribution < -0.4 is 10.0 Å². The maximum Gasteiger partial charge on any atom is 0.402 e. The van der Waals surface area contributed by atoms with Gasteiger partial charge in [0.2, 0.25) is 10.0 Å². The number of nitrogens with zero attached hydrogens (tertiary/aromatic N) is 2. The van der Waals surface area contributed by atoms with Crippen LogP contribution >= 0.6 is 23.4 Å². The zero-order chi connectivity index (χ0) is 20.2. The molecule has 0 saturated heterocycles. The number of hydrogen-bond acceptors (Lipinski definition) is 6. The van der Waals surface area contributed by atoms with E-state index in [0.29, 0.717) is 5.16 Å². The Labute approximate surface area is 161 Å². The molecule has 0 unspecified atom stereocenters. The van der Waals surface area contributed by atoms with E-state index >= 15 is 0 Å². The molecule has 0 saturated carbocycles. The van der Waals surface area contributed by atoms with Gasteiger partial charge in [-0.1, -0.05) is 23.4 Å². The summed E-state index contributed by atoms with van der Waals surface area (Å²) in [7, 11) is -4.33. The quantitative estimate of drug-likeness (QED) is 0.529. The molecular formula is C14H12ClF3N4O3S2. The van der Waals surface area contributed by atoms with Crippen LogP contribution in [0, 0.1) is 0 Å². The molecule has 7 nitrogen and oxygen atoms in total. The van der Waals surface area contributed by atoms with E-state index < -0.39 is 28.7 Å². The van der Waals surface area contributed by atoms with E-state index in [4.69, 9.17) is 11.6 Å². The minimum Gasteiger partial charge on any atom is -0.321 e. The molecule has 0 bridgehead atoms. The Morgan fingerprint density at radius 1 is 1.26 bits per heavy atom. The van der Waals surface area contributed by atoms with Crippen LogP contribution in [0.2, 0.25) is 5.02 Å². The van der Waals surface area contributed by atoms with Crippen molar-refractivity contribution in [3.8, 4) is 0 Å². The Hall–Kier alpha value is -1.89. The lowest BCUT2D eigenvalue weighted by atomic mass is 10.3. The number of sulfonamides is 1. The van der Waals surface area contributed by atoms with Crippen molar-refractivity contribution < 1.29 is 26.4 Å². The number of anilines is 1. The van der Waals surface area contributed by atoms with Gasteiger partial charge < -0.3 is 5.32 Å². The van der Waals surface area contributed by atoms with Crippen LogP contribution in [0.4, 0.5) is 18.9 Å². The van der Waals surface area contributed by atoms with Crippen molar-refractivity contribution in [2.75, 3.05) is 18.1 Å². The van der Waals surface area contributed by atoms with Crippen molar-refractivity contribution in [2.24, 2.45) is 0 Å². The lowest BCUT2D eigenvalue weighted by Gasteiger charge is -2.10. The minimum absolute atomic E-state index is 0.0286. The number of benzene rings is 1. The van der Waals surface area contributed by atoms with Gasteiger partial charge in [0.1, 0.15) is 6.54 Å². The first-order chi connectivity index (χ1) is 12.5. The number of nitrogens with one attached hydrogen (secondary N) is 2. The maximum absolute atomic E-state index is 12.2. The van der Waals surface area contributed by atoms with Gasteiger partial charge >= 0.3 is 6.18 Å². The fourth-order valence-electron chi connectivity index (χ4n) is 1.78. The number of hydrogen-bond donors (Lipinski definition) is 2. The molecule has 0 fully saturated rings. The second-order valence-electron chi connectivity index (χ2n) is 4.97. The van der Waals surface area contributed by atoms with Crippen LogP contribution in [0.5, 0.6) is 0 Å². The smallest absolute Gasteiger partial charge is 0.321 e. The highest BCUT2D eigenvalue weighted by Crippen LogP contribution is 2.20. The summed E-state index contributed by atoms with van der Waals surface area (Å²) in [5.74, 6) is -0.650. The van der Waals surface area contributed by atoms with Crippen molar-refractivity contribution in [3.05, 3.63) is 41.2 Å². The number of alkyl halides is 3. The zero-order valence-electron chi connectivity index (χ0n) is 13.5. The van der Waals surface area contributed by atoms with Crippen LogP contribution in [-0.2, 0) is 10.0 Å². The summed E-state index contributed by atoms with van der Waals surface area (Å²) in [6, 6.07) is 4.57. The van der Waals surface area contributed by atoms with Gasteiger partial charge in [0.25, 0.3) is 5.91 Å². The standard InChI is InChI=1S/C14H12ClF3N4O3S2/c1-26-13-19-6-10(15)11(22-13)12(23)21-8-2-4-9(5-3-8)27(24,25)20-7-14(16,17)18/h2-6,20H,7H2,1H3,(H,21,23). The topological polar surface area (TPSA) is 101 Å². The summed E-state index contributed by atoms with van der Waals surface area (Å²) >= 11 is 7.11. The summed E-state index contributed by atoms with van der Waals surface area (Å²) in [6.07, 6.45) is -1.68. The fourth-order valence-corrected chi connectivity index (χ4v) is 3.31.